The molecule has 1 aromatic heterocycles. The van der Waals surface area contributed by atoms with Gasteiger partial charge in [0.2, 0.25) is 0 Å². The monoisotopic (exact) mass is 355 g/mol. The number of furan rings is 1. The van der Waals surface area contributed by atoms with Gasteiger partial charge in [-0.15, -0.1) is 0 Å². The van der Waals surface area contributed by atoms with Gasteiger partial charge in [0.25, 0.3) is 5.91 Å². The Labute approximate surface area is 153 Å². The van der Waals surface area contributed by atoms with Crippen molar-refractivity contribution < 1.29 is 19.1 Å². The van der Waals surface area contributed by atoms with Crippen molar-refractivity contribution in [1.82, 2.24) is 4.90 Å². The Bertz CT molecular complexity index is 799. The van der Waals surface area contributed by atoms with E-state index >= 15 is 0 Å². The maximum absolute atomic E-state index is 12.9. The van der Waals surface area contributed by atoms with Crippen molar-refractivity contribution in [3.05, 3.63) is 59.0 Å². The van der Waals surface area contributed by atoms with Crippen LogP contribution in [0.2, 0.25) is 0 Å². The third-order valence-corrected chi connectivity index (χ3v) is 5.38. The number of carboxylic acid groups (broad SMARTS) is 1. The van der Waals surface area contributed by atoms with Crippen LogP contribution >= 0.6 is 0 Å². The van der Waals surface area contributed by atoms with Crippen molar-refractivity contribution in [2.24, 2.45) is 0 Å². The van der Waals surface area contributed by atoms with Gasteiger partial charge in [-0.2, -0.15) is 0 Å². The fraction of sp³-hybridized carbons (Fsp3) is 0.429. The highest BCUT2D eigenvalue weighted by Gasteiger charge is 2.44. The lowest BCUT2D eigenvalue weighted by Crippen LogP contribution is -2.49. The van der Waals surface area contributed by atoms with Gasteiger partial charge < -0.3 is 14.4 Å². The molecule has 5 heteroatoms. The molecule has 0 aliphatic carbocycles. The molecule has 1 saturated heterocycles. The van der Waals surface area contributed by atoms with Gasteiger partial charge in [-0.3, -0.25) is 9.59 Å². The summed E-state index contributed by atoms with van der Waals surface area (Å²) >= 11 is 0. The normalized spacial score (nSPS) is 16.7. The Kier molecular flexibility index (Phi) is 4.90. The Morgan fingerprint density at radius 3 is 2.27 bits per heavy atom. The van der Waals surface area contributed by atoms with Gasteiger partial charge in [0, 0.05) is 19.0 Å². The summed E-state index contributed by atoms with van der Waals surface area (Å²) in [6.45, 7) is 6.68. The van der Waals surface area contributed by atoms with E-state index in [4.69, 9.17) is 4.42 Å². The molecule has 1 aromatic carbocycles. The maximum atomic E-state index is 12.9. The third-order valence-electron chi connectivity index (χ3n) is 5.38. The molecule has 1 aliphatic rings. The molecule has 5 nitrogen and oxygen atoms in total. The van der Waals surface area contributed by atoms with E-state index in [2.05, 4.69) is 0 Å². The highest BCUT2D eigenvalue weighted by molar-refractivity contribution is 5.95. The lowest BCUT2D eigenvalue weighted by molar-refractivity contribution is -0.145. The highest BCUT2D eigenvalue weighted by Crippen LogP contribution is 2.36. The first-order valence-corrected chi connectivity index (χ1v) is 9.03. The van der Waals surface area contributed by atoms with Crippen LogP contribution in [0.5, 0.6) is 0 Å². The van der Waals surface area contributed by atoms with E-state index in [1.807, 2.05) is 50.2 Å². The molecule has 1 aliphatic heterocycles. The van der Waals surface area contributed by atoms with Gasteiger partial charge in [-0.25, -0.2) is 0 Å². The standard InChI is InChI=1S/C21H25NO4/c1-14(2)18-13-17(15(3)26-18)19(23)22-11-9-21(10-12-22,20(24)25)16-7-5-4-6-8-16/h4-8,13-14H,9-12H2,1-3H3,(H,24,25). The number of likely N-dealkylation sites (tertiary alicyclic amines) is 1. The zero-order valence-electron chi connectivity index (χ0n) is 15.5. The molecular weight excluding hydrogens is 330 g/mol. The molecule has 2 heterocycles. The van der Waals surface area contributed by atoms with E-state index in [1.165, 1.54) is 0 Å². The summed E-state index contributed by atoms with van der Waals surface area (Å²) < 4.78 is 5.69. The van der Waals surface area contributed by atoms with Gasteiger partial charge in [0.1, 0.15) is 11.5 Å². The number of carbonyl (C=O) groups excluding carboxylic acids is 1. The van der Waals surface area contributed by atoms with E-state index < -0.39 is 11.4 Å². The highest BCUT2D eigenvalue weighted by atomic mass is 16.4. The molecular formula is C21H25NO4. The molecule has 1 N–H and O–H groups in total. The van der Waals surface area contributed by atoms with Crippen LogP contribution in [0.25, 0.3) is 0 Å². The summed E-state index contributed by atoms with van der Waals surface area (Å²) in [6.07, 6.45) is 0.818. The average Bonchev–Trinajstić information content (AvgIpc) is 3.04. The summed E-state index contributed by atoms with van der Waals surface area (Å²) in [4.78, 5) is 26.7. The van der Waals surface area contributed by atoms with Gasteiger partial charge in [0.05, 0.1) is 11.0 Å². The van der Waals surface area contributed by atoms with Crippen LogP contribution in [0.1, 0.15) is 60.0 Å². The summed E-state index contributed by atoms with van der Waals surface area (Å²) in [5.41, 5.74) is 0.462. The topological polar surface area (TPSA) is 70.8 Å². The van der Waals surface area contributed by atoms with Crippen molar-refractivity contribution in [3.8, 4) is 0 Å². The van der Waals surface area contributed by atoms with E-state index in [1.54, 1.807) is 11.8 Å². The quantitative estimate of drug-likeness (QED) is 0.901. The van der Waals surface area contributed by atoms with Gasteiger partial charge in [-0.1, -0.05) is 44.2 Å². The molecule has 0 atom stereocenters. The van der Waals surface area contributed by atoms with Crippen LogP contribution in [0.3, 0.4) is 0 Å². The Hall–Kier alpha value is -2.56. The molecule has 138 valence electrons. The smallest absolute Gasteiger partial charge is 0.314 e. The minimum atomic E-state index is -0.924. The fourth-order valence-corrected chi connectivity index (χ4v) is 3.65. The number of rotatable bonds is 4. The molecule has 0 saturated carbocycles. The number of nitrogens with zero attached hydrogens (tertiary/aromatic N) is 1. The largest absolute Gasteiger partial charge is 0.481 e. The van der Waals surface area contributed by atoms with E-state index in [0.717, 1.165) is 11.3 Å². The van der Waals surface area contributed by atoms with Crippen molar-refractivity contribution in [3.63, 3.8) is 0 Å². The number of aryl methyl sites for hydroxylation is 1. The van der Waals surface area contributed by atoms with Crippen LogP contribution in [-0.4, -0.2) is 35.0 Å². The predicted molar refractivity (Wildman–Crippen MR) is 98.4 cm³/mol. The lowest BCUT2D eigenvalue weighted by atomic mass is 9.72. The summed E-state index contributed by atoms with van der Waals surface area (Å²) in [5, 5.41) is 9.87. The zero-order valence-corrected chi connectivity index (χ0v) is 15.5. The van der Waals surface area contributed by atoms with Crippen LogP contribution in [0, 0.1) is 6.92 Å². The number of hydrogen-bond donors (Lipinski definition) is 1. The maximum Gasteiger partial charge on any atom is 0.314 e. The molecule has 3 rings (SSSR count). The SMILES string of the molecule is Cc1oc(C(C)C)cc1C(=O)N1CCC(C(=O)O)(c2ccccc2)CC1. The summed E-state index contributed by atoms with van der Waals surface area (Å²) in [5.74, 6) is 0.737. The minimum absolute atomic E-state index is 0.0785. The van der Waals surface area contributed by atoms with Gasteiger partial charge in [-0.05, 0) is 31.4 Å². The molecule has 1 fully saturated rings. The van der Waals surface area contributed by atoms with E-state index in [-0.39, 0.29) is 11.8 Å². The zero-order chi connectivity index (χ0) is 18.9. The van der Waals surface area contributed by atoms with Crippen molar-refractivity contribution in [2.75, 3.05) is 13.1 Å². The van der Waals surface area contributed by atoms with Crippen LogP contribution in [-0.2, 0) is 10.2 Å². The molecule has 26 heavy (non-hydrogen) atoms. The first-order chi connectivity index (χ1) is 12.3. The second kappa shape index (κ2) is 6.98. The molecule has 0 spiro atoms. The second-order valence-corrected chi connectivity index (χ2v) is 7.32. The summed E-state index contributed by atoms with van der Waals surface area (Å²) in [6, 6.07) is 11.1. The second-order valence-electron chi connectivity index (χ2n) is 7.32. The number of piperidine rings is 1. The average molecular weight is 355 g/mol. The summed E-state index contributed by atoms with van der Waals surface area (Å²) in [7, 11) is 0. The Balaban J connectivity index is 1.79. The Morgan fingerprint density at radius 1 is 1.15 bits per heavy atom. The number of aliphatic carboxylic acids is 1. The molecule has 0 radical (unpaired) electrons. The lowest BCUT2D eigenvalue weighted by Gasteiger charge is -2.39. The number of hydrogen-bond acceptors (Lipinski definition) is 3. The van der Waals surface area contributed by atoms with Crippen LogP contribution < -0.4 is 0 Å². The number of carboxylic acids is 1. The number of amides is 1. The molecule has 1 amide bonds. The number of carbonyl (C=O) groups is 2. The van der Waals surface area contributed by atoms with Crippen molar-refractivity contribution in [1.29, 1.82) is 0 Å². The fourth-order valence-electron chi connectivity index (χ4n) is 3.65. The predicted octanol–water partition coefficient (Wildman–Crippen LogP) is 3.97. The van der Waals surface area contributed by atoms with Crippen LogP contribution in [0.4, 0.5) is 0 Å². The molecule has 0 bridgehead atoms. The van der Waals surface area contributed by atoms with Gasteiger partial charge in [0.15, 0.2) is 0 Å². The van der Waals surface area contributed by atoms with E-state index in [9.17, 15) is 14.7 Å². The number of benzene rings is 1. The van der Waals surface area contributed by atoms with Crippen molar-refractivity contribution >= 4 is 11.9 Å². The molecule has 2 aromatic rings. The van der Waals surface area contributed by atoms with Gasteiger partial charge >= 0.3 is 5.97 Å². The molecule has 0 unspecified atom stereocenters. The third kappa shape index (κ3) is 3.14. The Morgan fingerprint density at radius 2 is 1.77 bits per heavy atom. The minimum Gasteiger partial charge on any atom is -0.481 e. The van der Waals surface area contributed by atoms with Crippen molar-refractivity contribution in [2.45, 2.75) is 44.9 Å². The first kappa shape index (κ1) is 18.2. The van der Waals surface area contributed by atoms with E-state index in [0.29, 0.717) is 37.3 Å². The van der Waals surface area contributed by atoms with Crippen LogP contribution in [0.15, 0.2) is 40.8 Å². The first-order valence-electron chi connectivity index (χ1n) is 9.03.